The molecule has 1 aromatic carbocycles. The number of nitriles is 1. The Morgan fingerprint density at radius 3 is 2.83 bits per heavy atom. The van der Waals surface area contributed by atoms with Gasteiger partial charge in [0, 0.05) is 0 Å². The summed E-state index contributed by atoms with van der Waals surface area (Å²) in [5, 5.41) is 17.2. The number of benzene rings is 1. The first-order valence-electron chi connectivity index (χ1n) is 3.65. The van der Waals surface area contributed by atoms with E-state index in [0.717, 1.165) is 5.56 Å². The number of nitrogens with zero attached hydrogens (tertiary/aromatic N) is 1. The molecule has 0 unspecified atom stereocenters. The highest BCUT2D eigenvalue weighted by Gasteiger charge is 1.93. The van der Waals surface area contributed by atoms with E-state index in [1.165, 1.54) is 0 Å². The van der Waals surface area contributed by atoms with Gasteiger partial charge in [0.15, 0.2) is 0 Å². The fourth-order valence-electron chi connectivity index (χ4n) is 0.924. The smallest absolute Gasteiger partial charge is 0.0997 e. The lowest BCUT2D eigenvalue weighted by molar-refractivity contribution is 0.343. The number of hydrogen-bond acceptors (Lipinski definition) is 2. The zero-order chi connectivity index (χ0) is 8.81. The van der Waals surface area contributed by atoms with Gasteiger partial charge in [-0.05, 0) is 11.6 Å². The molecular weight excluding hydrogens is 150 g/mol. The molecule has 12 heavy (non-hydrogen) atoms. The maximum absolute atomic E-state index is 8.67. The van der Waals surface area contributed by atoms with Crippen molar-refractivity contribution >= 4 is 6.08 Å². The van der Waals surface area contributed by atoms with Crippen LogP contribution in [0.25, 0.3) is 6.08 Å². The molecule has 0 atom stereocenters. The van der Waals surface area contributed by atoms with Crippen LogP contribution in [0.5, 0.6) is 0 Å². The van der Waals surface area contributed by atoms with Crippen LogP contribution in [-0.4, -0.2) is 11.7 Å². The van der Waals surface area contributed by atoms with E-state index in [9.17, 15) is 0 Å². The third kappa shape index (κ3) is 1.94. The Bertz CT molecular complexity index is 323. The third-order valence-corrected chi connectivity index (χ3v) is 1.48. The van der Waals surface area contributed by atoms with Gasteiger partial charge in [-0.15, -0.1) is 0 Å². The molecule has 0 aliphatic rings. The topological polar surface area (TPSA) is 44.0 Å². The minimum atomic E-state index is -0.000235. The van der Waals surface area contributed by atoms with Crippen LogP contribution in [-0.2, 0) is 0 Å². The summed E-state index contributed by atoms with van der Waals surface area (Å²) < 4.78 is 0. The average molecular weight is 159 g/mol. The number of hydrogen-bond donors (Lipinski definition) is 1. The predicted octanol–water partition coefficient (Wildman–Crippen LogP) is 1.56. The zero-order valence-electron chi connectivity index (χ0n) is 6.57. The lowest BCUT2D eigenvalue weighted by Crippen LogP contribution is -1.80. The minimum absolute atomic E-state index is 0.000235. The molecule has 60 valence electrons. The molecule has 0 saturated carbocycles. The highest BCUT2D eigenvalue weighted by Crippen LogP contribution is 2.08. The summed E-state index contributed by atoms with van der Waals surface area (Å²) in [6.07, 6.45) is 3.34. The molecule has 2 heteroatoms. The van der Waals surface area contributed by atoms with Gasteiger partial charge in [0.1, 0.15) is 0 Å². The maximum Gasteiger partial charge on any atom is 0.0997 e. The second-order valence-electron chi connectivity index (χ2n) is 2.28. The summed E-state index contributed by atoms with van der Waals surface area (Å²) in [4.78, 5) is 0. The van der Waals surface area contributed by atoms with Crippen LogP contribution < -0.4 is 0 Å². The highest BCUT2D eigenvalue weighted by atomic mass is 16.2. The van der Waals surface area contributed by atoms with Crippen LogP contribution in [0.3, 0.4) is 0 Å². The molecule has 0 amide bonds. The summed E-state index contributed by atoms with van der Waals surface area (Å²) in [6.45, 7) is -0.000235. The standard InChI is InChI=1S/C10H9NO/c11-8-10-5-2-1-4-9(10)6-3-7-12/h1-6,12H,7H2. The first-order chi connectivity index (χ1) is 5.88. The quantitative estimate of drug-likeness (QED) is 0.711. The van der Waals surface area contributed by atoms with Crippen LogP contribution in [0.2, 0.25) is 0 Å². The van der Waals surface area contributed by atoms with E-state index < -0.39 is 0 Å². The minimum Gasteiger partial charge on any atom is -0.392 e. The molecular formula is C10H9NO. The molecule has 0 aliphatic heterocycles. The van der Waals surface area contributed by atoms with Gasteiger partial charge in [0.25, 0.3) is 0 Å². The van der Waals surface area contributed by atoms with Crippen molar-refractivity contribution < 1.29 is 5.11 Å². The molecule has 1 N–H and O–H groups in total. The van der Waals surface area contributed by atoms with Gasteiger partial charge >= 0.3 is 0 Å². The fourth-order valence-corrected chi connectivity index (χ4v) is 0.924. The van der Waals surface area contributed by atoms with Crippen LogP contribution >= 0.6 is 0 Å². The van der Waals surface area contributed by atoms with Gasteiger partial charge in [-0.2, -0.15) is 5.26 Å². The summed E-state index contributed by atoms with van der Waals surface area (Å²) in [6, 6.07) is 9.33. The maximum atomic E-state index is 8.67. The summed E-state index contributed by atoms with van der Waals surface area (Å²) in [7, 11) is 0. The van der Waals surface area contributed by atoms with E-state index in [1.807, 2.05) is 18.2 Å². The molecule has 0 heterocycles. The lowest BCUT2D eigenvalue weighted by Gasteiger charge is -1.94. The molecule has 0 aliphatic carbocycles. The van der Waals surface area contributed by atoms with Gasteiger partial charge in [0.2, 0.25) is 0 Å². The second-order valence-corrected chi connectivity index (χ2v) is 2.28. The van der Waals surface area contributed by atoms with Crippen molar-refractivity contribution in [3.8, 4) is 6.07 Å². The predicted molar refractivity (Wildman–Crippen MR) is 47.3 cm³/mol. The van der Waals surface area contributed by atoms with Gasteiger partial charge in [-0.3, -0.25) is 0 Å². The van der Waals surface area contributed by atoms with Crippen molar-refractivity contribution in [1.82, 2.24) is 0 Å². The van der Waals surface area contributed by atoms with E-state index in [1.54, 1.807) is 18.2 Å². The van der Waals surface area contributed by atoms with Gasteiger partial charge in [0.05, 0.1) is 18.2 Å². The third-order valence-electron chi connectivity index (χ3n) is 1.48. The van der Waals surface area contributed by atoms with Crippen molar-refractivity contribution in [2.24, 2.45) is 0 Å². The Kier molecular flexibility index (Phi) is 3.06. The first kappa shape index (κ1) is 8.51. The highest BCUT2D eigenvalue weighted by molar-refractivity contribution is 5.57. The summed E-state index contributed by atoms with van der Waals surface area (Å²) in [5.41, 5.74) is 1.47. The monoisotopic (exact) mass is 159 g/mol. The van der Waals surface area contributed by atoms with Crippen molar-refractivity contribution in [3.63, 3.8) is 0 Å². The van der Waals surface area contributed by atoms with Crippen LogP contribution in [0.4, 0.5) is 0 Å². The molecule has 0 spiro atoms. The van der Waals surface area contributed by atoms with Crippen LogP contribution in [0, 0.1) is 11.3 Å². The van der Waals surface area contributed by atoms with Crippen LogP contribution in [0.15, 0.2) is 30.3 Å². The number of aliphatic hydroxyl groups is 1. The number of aliphatic hydroxyl groups excluding tert-OH is 1. The Morgan fingerprint density at radius 1 is 1.42 bits per heavy atom. The van der Waals surface area contributed by atoms with Crippen molar-refractivity contribution in [2.75, 3.05) is 6.61 Å². The lowest BCUT2D eigenvalue weighted by atomic mass is 10.1. The summed E-state index contributed by atoms with van der Waals surface area (Å²) >= 11 is 0. The van der Waals surface area contributed by atoms with E-state index in [2.05, 4.69) is 6.07 Å². The van der Waals surface area contributed by atoms with Gasteiger partial charge in [-0.25, -0.2) is 0 Å². The molecule has 0 bridgehead atoms. The zero-order valence-corrected chi connectivity index (χ0v) is 6.57. The van der Waals surface area contributed by atoms with E-state index >= 15 is 0 Å². The first-order valence-corrected chi connectivity index (χ1v) is 3.65. The van der Waals surface area contributed by atoms with E-state index in [0.29, 0.717) is 5.56 Å². The molecule has 1 aromatic rings. The molecule has 1 rings (SSSR count). The van der Waals surface area contributed by atoms with Crippen LogP contribution in [0.1, 0.15) is 11.1 Å². The molecule has 0 saturated heterocycles. The molecule has 0 radical (unpaired) electrons. The van der Waals surface area contributed by atoms with Crippen molar-refractivity contribution in [1.29, 1.82) is 5.26 Å². The van der Waals surface area contributed by atoms with E-state index in [4.69, 9.17) is 10.4 Å². The Morgan fingerprint density at radius 2 is 2.17 bits per heavy atom. The normalized spacial score (nSPS) is 10.0. The molecule has 0 fully saturated rings. The average Bonchev–Trinajstić information content (AvgIpc) is 2.15. The molecule has 0 aromatic heterocycles. The second kappa shape index (κ2) is 4.32. The SMILES string of the molecule is N#Cc1ccccc1C=CCO. The summed E-state index contributed by atoms with van der Waals surface area (Å²) in [5.74, 6) is 0. The Balaban J connectivity index is 2.99. The van der Waals surface area contributed by atoms with Gasteiger partial charge in [-0.1, -0.05) is 30.4 Å². The van der Waals surface area contributed by atoms with Crippen molar-refractivity contribution in [3.05, 3.63) is 41.5 Å². The largest absolute Gasteiger partial charge is 0.392 e. The van der Waals surface area contributed by atoms with Gasteiger partial charge < -0.3 is 5.11 Å². The Hall–Kier alpha value is -1.59. The Labute approximate surface area is 71.4 Å². The number of rotatable bonds is 2. The molecule has 2 nitrogen and oxygen atoms in total. The fraction of sp³-hybridized carbons (Fsp3) is 0.100. The van der Waals surface area contributed by atoms with Crippen molar-refractivity contribution in [2.45, 2.75) is 0 Å². The van der Waals surface area contributed by atoms with E-state index in [-0.39, 0.29) is 6.61 Å².